The highest BCUT2D eigenvalue weighted by atomic mass is 31.2. The first-order valence-electron chi connectivity index (χ1n) is 9.98. The van der Waals surface area contributed by atoms with Crippen molar-refractivity contribution in [1.29, 1.82) is 0 Å². The topological polar surface area (TPSA) is 227 Å². The summed E-state index contributed by atoms with van der Waals surface area (Å²) in [5, 5.41) is 4.99. The molecule has 6 N–H and O–H groups in total. The van der Waals surface area contributed by atoms with E-state index < -0.39 is 52.5 Å². The first kappa shape index (κ1) is 26.2. The number of hydrogen-bond acceptors (Lipinski definition) is 9. The Labute approximate surface area is 200 Å². The summed E-state index contributed by atoms with van der Waals surface area (Å²) in [6.07, 6.45) is -1.29. The lowest BCUT2D eigenvalue weighted by Gasteiger charge is -2.19. The van der Waals surface area contributed by atoms with Crippen molar-refractivity contribution in [3.8, 4) is 0 Å². The monoisotopic (exact) mass is 548 g/mol. The van der Waals surface area contributed by atoms with E-state index in [-0.39, 0.29) is 23.4 Å². The van der Waals surface area contributed by atoms with Crippen molar-refractivity contribution in [3.63, 3.8) is 0 Å². The van der Waals surface area contributed by atoms with Crippen LogP contribution in [0.5, 0.6) is 0 Å². The van der Waals surface area contributed by atoms with Crippen molar-refractivity contribution in [2.45, 2.75) is 24.9 Å². The summed E-state index contributed by atoms with van der Waals surface area (Å²) in [6, 6.07) is 4.36. The number of nitrogens with one attached hydrogen (secondary N) is 2. The second-order valence-corrected chi connectivity index (χ2v) is 9.85. The minimum atomic E-state index is -4.98. The van der Waals surface area contributed by atoms with Crippen molar-refractivity contribution in [1.82, 2.24) is 19.5 Å². The van der Waals surface area contributed by atoms with Gasteiger partial charge in [0.05, 0.1) is 12.9 Å². The number of urea groups is 1. The van der Waals surface area contributed by atoms with E-state index in [1.54, 1.807) is 0 Å². The summed E-state index contributed by atoms with van der Waals surface area (Å²) >= 11 is 0. The second-order valence-electron chi connectivity index (χ2n) is 7.42. The summed E-state index contributed by atoms with van der Waals surface area (Å²) in [7, 11) is -9.88. The Morgan fingerprint density at radius 2 is 1.83 bits per heavy atom. The molecule has 2 aromatic heterocycles. The molecule has 16 nitrogen and oxygen atoms in total. The third kappa shape index (κ3) is 6.67. The Bertz CT molecular complexity index is 1350. The number of hydrogen-bond donors (Lipinski definition) is 6. The molecule has 1 aromatic carbocycles. The van der Waals surface area contributed by atoms with Gasteiger partial charge in [0.25, 0.3) is 0 Å². The van der Waals surface area contributed by atoms with Gasteiger partial charge in [-0.25, -0.2) is 33.3 Å². The number of phosphoric ester groups is 2. The number of anilines is 2. The van der Waals surface area contributed by atoms with Crippen LogP contribution < -0.4 is 10.6 Å². The van der Waals surface area contributed by atoms with E-state index in [1.165, 1.54) is 35.2 Å². The lowest BCUT2D eigenvalue weighted by molar-refractivity contribution is -0.0417. The van der Waals surface area contributed by atoms with Crippen LogP contribution in [0.4, 0.5) is 20.7 Å². The molecule has 4 rings (SSSR count). The molecule has 1 fully saturated rings. The van der Waals surface area contributed by atoms with Crippen molar-refractivity contribution in [3.05, 3.63) is 42.7 Å². The summed E-state index contributed by atoms with van der Waals surface area (Å²) < 4.78 is 51.6. The molecule has 3 aromatic rings. The largest absolute Gasteiger partial charge is 0.469 e. The van der Waals surface area contributed by atoms with E-state index in [4.69, 9.17) is 19.0 Å². The smallest absolute Gasteiger partial charge is 0.349 e. The first-order valence-corrected chi connectivity index (χ1v) is 13.0. The molecule has 0 spiro atoms. The molecule has 1 aliphatic heterocycles. The van der Waals surface area contributed by atoms with Crippen molar-refractivity contribution < 1.29 is 51.7 Å². The van der Waals surface area contributed by atoms with Crippen LogP contribution in [0.25, 0.3) is 11.2 Å². The fourth-order valence-electron chi connectivity index (χ4n) is 3.44. The first-order chi connectivity index (χ1) is 16.9. The number of halogens is 1. The molecular formula is C17H19FN6O10P2. The van der Waals surface area contributed by atoms with Gasteiger partial charge in [-0.15, -0.1) is 0 Å². The average Bonchev–Trinajstić information content (AvgIpc) is 3.37. The number of phosphoric acid groups is 2. The molecule has 19 heteroatoms. The van der Waals surface area contributed by atoms with Crippen LogP contribution in [-0.2, 0) is 22.9 Å². The van der Waals surface area contributed by atoms with E-state index in [0.717, 1.165) is 6.33 Å². The molecule has 1 saturated heterocycles. The molecule has 36 heavy (non-hydrogen) atoms. The summed E-state index contributed by atoms with van der Waals surface area (Å²) in [5.74, 6) is -0.456. The number of benzene rings is 1. The Morgan fingerprint density at radius 3 is 2.50 bits per heavy atom. The average molecular weight is 548 g/mol. The number of carbonyl (C=O) groups excluding carboxylic acids is 1. The van der Waals surface area contributed by atoms with Gasteiger partial charge in [-0.1, -0.05) is 0 Å². The number of rotatable bonds is 8. The van der Waals surface area contributed by atoms with Gasteiger partial charge >= 0.3 is 21.7 Å². The fourth-order valence-corrected chi connectivity index (χ4v) is 4.35. The molecule has 0 unspecified atom stereocenters. The molecule has 3 heterocycles. The Hall–Kier alpha value is -2.85. The van der Waals surface area contributed by atoms with Gasteiger partial charge in [-0.05, 0) is 24.3 Å². The predicted octanol–water partition coefficient (Wildman–Crippen LogP) is 1.48. The van der Waals surface area contributed by atoms with E-state index in [1.807, 2.05) is 0 Å². The molecular weight excluding hydrogens is 529 g/mol. The fraction of sp³-hybridized carbons (Fsp3) is 0.294. The zero-order chi connectivity index (χ0) is 26.1. The maximum absolute atomic E-state index is 13.0. The SMILES string of the molecule is O=C(Nc1ccc(F)cc1)Nc1ncnc2c1ncn2[C@H]1C[C@H](OP(=O)(O)O)[C@@H](COP(=O)(O)O)O1. The molecule has 0 aliphatic carbocycles. The second kappa shape index (κ2) is 10.3. The molecule has 0 bridgehead atoms. The lowest BCUT2D eigenvalue weighted by Crippen LogP contribution is -2.28. The normalized spacial score (nSPS) is 20.5. The highest BCUT2D eigenvalue weighted by molar-refractivity contribution is 7.46. The number of imidazole rings is 1. The van der Waals surface area contributed by atoms with E-state index in [2.05, 4.69) is 30.1 Å². The number of nitrogens with zero attached hydrogens (tertiary/aromatic N) is 4. The van der Waals surface area contributed by atoms with Gasteiger partial charge in [0.1, 0.15) is 30.6 Å². The maximum atomic E-state index is 13.0. The summed E-state index contributed by atoms with van der Waals surface area (Å²) in [5.41, 5.74) is 0.625. The Kier molecular flexibility index (Phi) is 7.47. The minimum Gasteiger partial charge on any atom is -0.349 e. The van der Waals surface area contributed by atoms with Crippen LogP contribution in [0.15, 0.2) is 36.9 Å². The van der Waals surface area contributed by atoms with Crippen LogP contribution in [0.2, 0.25) is 0 Å². The standard InChI is InChI=1S/C17H19FN6O10P2/c18-9-1-3-10(4-2-9)22-17(25)23-15-14-16(20-7-19-15)24(8-21-14)13-5-11(34-36(29,30)31)12(33-13)6-32-35(26,27)28/h1-4,7-8,11-13H,5-6H2,(H2,26,27,28)(H2,29,30,31)(H2,19,20,22,23,25)/t11-,12+,13+/m0/s1. The predicted molar refractivity (Wildman–Crippen MR) is 118 cm³/mol. The Morgan fingerprint density at radius 1 is 1.11 bits per heavy atom. The van der Waals surface area contributed by atoms with E-state index >= 15 is 0 Å². The van der Waals surface area contributed by atoms with Gasteiger partial charge < -0.3 is 29.6 Å². The summed E-state index contributed by atoms with van der Waals surface area (Å²) in [6.45, 7) is -0.719. The molecule has 3 atom stereocenters. The third-order valence-corrected chi connectivity index (χ3v) is 5.89. The molecule has 194 valence electrons. The van der Waals surface area contributed by atoms with Crippen LogP contribution in [0, 0.1) is 5.82 Å². The number of amides is 2. The molecule has 0 saturated carbocycles. The number of ether oxygens (including phenoxy) is 1. The lowest BCUT2D eigenvalue weighted by atomic mass is 10.2. The minimum absolute atomic E-state index is 0.0146. The maximum Gasteiger partial charge on any atom is 0.469 e. The quantitative estimate of drug-likeness (QED) is 0.220. The molecule has 0 radical (unpaired) electrons. The highest BCUT2D eigenvalue weighted by Gasteiger charge is 2.42. The van der Waals surface area contributed by atoms with Gasteiger partial charge in [0, 0.05) is 12.1 Å². The zero-order valence-electron chi connectivity index (χ0n) is 17.9. The van der Waals surface area contributed by atoms with Gasteiger partial charge in [0.2, 0.25) is 0 Å². The van der Waals surface area contributed by atoms with Crippen LogP contribution in [-0.4, -0.2) is 63.9 Å². The third-order valence-electron chi connectivity index (χ3n) is 4.86. The van der Waals surface area contributed by atoms with Gasteiger partial charge in [-0.2, -0.15) is 0 Å². The van der Waals surface area contributed by atoms with Crippen molar-refractivity contribution >= 4 is 44.3 Å². The van der Waals surface area contributed by atoms with Crippen LogP contribution >= 0.6 is 15.6 Å². The zero-order valence-corrected chi connectivity index (χ0v) is 19.7. The Balaban J connectivity index is 1.53. The van der Waals surface area contributed by atoms with Gasteiger partial charge in [0.15, 0.2) is 17.0 Å². The number of fused-ring (bicyclic) bond motifs is 1. The molecule has 2 amide bonds. The number of carbonyl (C=O) groups is 1. The molecule has 1 aliphatic rings. The van der Waals surface area contributed by atoms with Crippen LogP contribution in [0.3, 0.4) is 0 Å². The summed E-state index contributed by atoms with van der Waals surface area (Å²) in [4.78, 5) is 60.9. The van der Waals surface area contributed by atoms with E-state index in [0.29, 0.717) is 5.69 Å². The number of aromatic nitrogens is 4. The van der Waals surface area contributed by atoms with Gasteiger partial charge in [-0.3, -0.25) is 18.9 Å². The van der Waals surface area contributed by atoms with Crippen LogP contribution in [0.1, 0.15) is 12.6 Å². The van der Waals surface area contributed by atoms with E-state index in [9.17, 15) is 28.1 Å². The highest BCUT2D eigenvalue weighted by Crippen LogP contribution is 2.45. The van der Waals surface area contributed by atoms with Crippen molar-refractivity contribution in [2.24, 2.45) is 0 Å². The van der Waals surface area contributed by atoms with Crippen molar-refractivity contribution in [2.75, 3.05) is 17.2 Å².